The van der Waals surface area contributed by atoms with E-state index in [-0.39, 0.29) is 30.7 Å². The Morgan fingerprint density at radius 3 is 2.20 bits per heavy atom. The molecule has 1 aliphatic heterocycles. The van der Waals surface area contributed by atoms with Crippen molar-refractivity contribution in [1.82, 2.24) is 4.90 Å². The van der Waals surface area contributed by atoms with Gasteiger partial charge in [0.15, 0.2) is 0 Å². The highest BCUT2D eigenvalue weighted by atomic mass is 16.2. The third-order valence-electron chi connectivity index (χ3n) is 4.69. The lowest BCUT2D eigenvalue weighted by molar-refractivity contribution is -0.147. The Bertz CT molecular complexity index is 743. The number of hydrogen-bond donors (Lipinski definition) is 0. The fourth-order valence-corrected chi connectivity index (χ4v) is 3.20. The number of nitriles is 1. The molecule has 1 aromatic carbocycles. The second-order valence-electron chi connectivity index (χ2n) is 6.29. The van der Waals surface area contributed by atoms with Crippen LogP contribution in [0.2, 0.25) is 0 Å². The van der Waals surface area contributed by atoms with Gasteiger partial charge in [0.2, 0.25) is 11.8 Å². The summed E-state index contributed by atoms with van der Waals surface area (Å²) in [4.78, 5) is 26.9. The van der Waals surface area contributed by atoms with Crippen molar-refractivity contribution in [2.24, 2.45) is 0 Å². The Hall–Kier alpha value is -2.67. The minimum atomic E-state index is -0.295. The predicted octanol–water partition coefficient (Wildman–Crippen LogP) is 4.28. The minimum Gasteiger partial charge on any atom is -0.274 e. The largest absolute Gasteiger partial charge is 0.274 e. The molecule has 4 nitrogen and oxygen atoms in total. The molecule has 4 heteroatoms. The molecule has 0 aromatic heterocycles. The van der Waals surface area contributed by atoms with Crippen LogP contribution < -0.4 is 0 Å². The van der Waals surface area contributed by atoms with Crippen LogP contribution in [0.1, 0.15) is 60.9 Å². The number of amides is 2. The zero-order valence-electron chi connectivity index (χ0n) is 15.1. The SMILES string of the molecule is CCCC(c1ccc(C#N)c(C)c1C)N1C(=O)C/C=C\C=C/CC1=O. The van der Waals surface area contributed by atoms with Gasteiger partial charge in [0.1, 0.15) is 0 Å². The van der Waals surface area contributed by atoms with E-state index < -0.39 is 0 Å². The maximum Gasteiger partial charge on any atom is 0.233 e. The average molecular weight is 336 g/mol. The molecule has 0 radical (unpaired) electrons. The first-order valence-electron chi connectivity index (χ1n) is 8.68. The maximum atomic E-state index is 12.7. The molecule has 0 aliphatic carbocycles. The van der Waals surface area contributed by atoms with Crippen molar-refractivity contribution in [2.45, 2.75) is 52.5 Å². The van der Waals surface area contributed by atoms with Crippen LogP contribution in [0, 0.1) is 25.2 Å². The van der Waals surface area contributed by atoms with Gasteiger partial charge < -0.3 is 0 Å². The molecule has 0 N–H and O–H groups in total. The van der Waals surface area contributed by atoms with E-state index in [9.17, 15) is 14.9 Å². The Kier molecular flexibility index (Phi) is 6.30. The molecular weight excluding hydrogens is 312 g/mol. The number of carbonyl (C=O) groups is 2. The van der Waals surface area contributed by atoms with Gasteiger partial charge in [-0.15, -0.1) is 0 Å². The lowest BCUT2D eigenvalue weighted by atomic mass is 9.91. The van der Waals surface area contributed by atoms with Crippen LogP contribution in [0.4, 0.5) is 0 Å². The molecule has 1 unspecified atom stereocenters. The third kappa shape index (κ3) is 4.06. The van der Waals surface area contributed by atoms with Gasteiger partial charge in [0.25, 0.3) is 0 Å². The topological polar surface area (TPSA) is 61.2 Å². The Balaban J connectivity index is 2.52. The quantitative estimate of drug-likeness (QED) is 0.771. The van der Waals surface area contributed by atoms with Crippen molar-refractivity contribution in [3.8, 4) is 6.07 Å². The molecule has 2 amide bonds. The molecule has 130 valence electrons. The standard InChI is InChI=1S/C21H24N2O2/c1-4-9-19(18-13-12-17(14-22)15(2)16(18)3)23-20(24)10-7-5-6-8-11-21(23)25/h5-8,12-13,19H,4,9-11H2,1-3H3/b7-5-,8-6-. The summed E-state index contributed by atoms with van der Waals surface area (Å²) in [5.74, 6) is -0.352. The Labute approximate surface area is 149 Å². The fourth-order valence-electron chi connectivity index (χ4n) is 3.20. The molecule has 1 aromatic rings. The molecular formula is C21H24N2O2. The molecule has 1 aliphatic rings. The van der Waals surface area contributed by atoms with Gasteiger partial charge in [-0.3, -0.25) is 14.5 Å². The number of benzene rings is 1. The molecule has 0 saturated heterocycles. The second-order valence-corrected chi connectivity index (χ2v) is 6.29. The highest BCUT2D eigenvalue weighted by Crippen LogP contribution is 2.32. The summed E-state index contributed by atoms with van der Waals surface area (Å²) in [6.07, 6.45) is 9.16. The molecule has 1 heterocycles. The van der Waals surface area contributed by atoms with Gasteiger partial charge in [0.05, 0.1) is 17.7 Å². The number of nitrogens with zero attached hydrogens (tertiary/aromatic N) is 2. The lowest BCUT2D eigenvalue weighted by Crippen LogP contribution is -2.39. The number of allylic oxidation sites excluding steroid dienone is 2. The second kappa shape index (κ2) is 8.43. The predicted molar refractivity (Wildman–Crippen MR) is 97.6 cm³/mol. The van der Waals surface area contributed by atoms with E-state index in [1.807, 2.05) is 26.8 Å². The zero-order chi connectivity index (χ0) is 18.4. The maximum absolute atomic E-state index is 12.7. The van der Waals surface area contributed by atoms with Gasteiger partial charge in [-0.2, -0.15) is 5.26 Å². The van der Waals surface area contributed by atoms with Gasteiger partial charge in [-0.1, -0.05) is 43.7 Å². The van der Waals surface area contributed by atoms with Crippen molar-refractivity contribution in [3.63, 3.8) is 0 Å². The lowest BCUT2D eigenvalue weighted by Gasteiger charge is -2.31. The molecule has 0 saturated carbocycles. The summed E-state index contributed by atoms with van der Waals surface area (Å²) in [6, 6.07) is 5.57. The number of imide groups is 1. The normalized spacial score (nSPS) is 18.7. The number of rotatable bonds is 4. The summed E-state index contributed by atoms with van der Waals surface area (Å²) in [5, 5.41) is 9.22. The number of hydrogen-bond acceptors (Lipinski definition) is 3. The van der Waals surface area contributed by atoms with Crippen molar-refractivity contribution in [2.75, 3.05) is 0 Å². The van der Waals surface area contributed by atoms with Crippen molar-refractivity contribution in [1.29, 1.82) is 5.26 Å². The summed E-state index contributed by atoms with van der Waals surface area (Å²) in [7, 11) is 0. The average Bonchev–Trinajstić information content (AvgIpc) is 2.67. The van der Waals surface area contributed by atoms with Gasteiger partial charge in [-0.05, 0) is 43.0 Å². The molecule has 0 spiro atoms. The van der Waals surface area contributed by atoms with Gasteiger partial charge >= 0.3 is 0 Å². The van der Waals surface area contributed by atoms with Gasteiger partial charge in [0, 0.05) is 12.8 Å². The van der Waals surface area contributed by atoms with Crippen LogP contribution in [0.15, 0.2) is 36.4 Å². The Morgan fingerprint density at radius 2 is 1.68 bits per heavy atom. The third-order valence-corrected chi connectivity index (χ3v) is 4.69. The van der Waals surface area contributed by atoms with E-state index in [1.54, 1.807) is 30.4 Å². The first-order chi connectivity index (χ1) is 12.0. The minimum absolute atomic E-state index is 0.176. The summed E-state index contributed by atoms with van der Waals surface area (Å²) in [6.45, 7) is 5.91. The first kappa shape index (κ1) is 18.7. The van der Waals surface area contributed by atoms with Crippen LogP contribution in [-0.2, 0) is 9.59 Å². The van der Waals surface area contributed by atoms with Crippen LogP contribution in [-0.4, -0.2) is 16.7 Å². The van der Waals surface area contributed by atoms with Gasteiger partial charge in [-0.25, -0.2) is 0 Å². The molecule has 2 rings (SSSR count). The van der Waals surface area contributed by atoms with Crippen LogP contribution >= 0.6 is 0 Å². The van der Waals surface area contributed by atoms with Crippen LogP contribution in [0.3, 0.4) is 0 Å². The molecule has 1 atom stereocenters. The van der Waals surface area contributed by atoms with E-state index in [0.717, 1.165) is 23.1 Å². The molecule has 25 heavy (non-hydrogen) atoms. The highest BCUT2D eigenvalue weighted by Gasteiger charge is 2.30. The smallest absolute Gasteiger partial charge is 0.233 e. The summed E-state index contributed by atoms with van der Waals surface area (Å²) >= 11 is 0. The van der Waals surface area contributed by atoms with E-state index in [4.69, 9.17) is 0 Å². The molecule has 0 fully saturated rings. The van der Waals surface area contributed by atoms with Crippen molar-refractivity contribution in [3.05, 3.63) is 58.7 Å². The van der Waals surface area contributed by atoms with Crippen molar-refractivity contribution >= 4 is 11.8 Å². The van der Waals surface area contributed by atoms with Crippen molar-refractivity contribution < 1.29 is 9.59 Å². The summed E-state index contributed by atoms with van der Waals surface area (Å²) in [5.41, 5.74) is 3.46. The van der Waals surface area contributed by atoms with E-state index in [2.05, 4.69) is 6.07 Å². The van der Waals surface area contributed by atoms with Crippen LogP contribution in [0.25, 0.3) is 0 Å². The highest BCUT2D eigenvalue weighted by molar-refractivity contribution is 5.97. The summed E-state index contributed by atoms with van der Waals surface area (Å²) < 4.78 is 0. The van der Waals surface area contributed by atoms with E-state index >= 15 is 0 Å². The fraction of sp³-hybridized carbons (Fsp3) is 0.381. The molecule has 0 bridgehead atoms. The first-order valence-corrected chi connectivity index (χ1v) is 8.68. The van der Waals surface area contributed by atoms with E-state index in [0.29, 0.717) is 12.0 Å². The number of carbonyl (C=O) groups excluding carboxylic acids is 2. The van der Waals surface area contributed by atoms with Crippen LogP contribution in [0.5, 0.6) is 0 Å². The Morgan fingerprint density at radius 1 is 1.08 bits per heavy atom. The van der Waals surface area contributed by atoms with E-state index in [1.165, 1.54) is 4.90 Å². The monoisotopic (exact) mass is 336 g/mol. The zero-order valence-corrected chi connectivity index (χ0v) is 15.1.